The highest BCUT2D eigenvalue weighted by Crippen LogP contribution is 2.22. The molecule has 8 heteroatoms. The number of nitrogens with one attached hydrogen (secondary N) is 2. The van der Waals surface area contributed by atoms with Gasteiger partial charge in [0.2, 0.25) is 11.8 Å². The molecule has 1 aromatic rings. The Hall–Kier alpha value is -1.79. The van der Waals surface area contributed by atoms with Crippen molar-refractivity contribution in [3.05, 3.63) is 33.8 Å². The van der Waals surface area contributed by atoms with Crippen LogP contribution >= 0.6 is 23.2 Å². The number of hydrogen-bond acceptors (Lipinski definition) is 4. The third kappa shape index (κ3) is 4.59. The number of amides is 2. The smallest absolute Gasteiger partial charge is 0.328 e. The van der Waals surface area contributed by atoms with Gasteiger partial charge in [-0.05, 0) is 24.1 Å². The number of carbonyl (C=O) groups excluding carboxylic acids is 3. The van der Waals surface area contributed by atoms with E-state index in [1.54, 1.807) is 18.2 Å². The van der Waals surface area contributed by atoms with Gasteiger partial charge >= 0.3 is 5.97 Å². The first-order valence-corrected chi connectivity index (χ1v) is 7.77. The van der Waals surface area contributed by atoms with E-state index in [9.17, 15) is 14.4 Å². The van der Waals surface area contributed by atoms with Crippen molar-refractivity contribution in [2.24, 2.45) is 0 Å². The number of methoxy groups -OCH3 is 1. The molecule has 1 saturated heterocycles. The third-order valence-electron chi connectivity index (χ3n) is 3.55. The van der Waals surface area contributed by atoms with Gasteiger partial charge in [-0.2, -0.15) is 0 Å². The Morgan fingerprint density at radius 1 is 1.43 bits per heavy atom. The summed E-state index contributed by atoms with van der Waals surface area (Å²) in [4.78, 5) is 35.3. The predicted octanol–water partition coefficient (Wildman–Crippen LogP) is 1.47. The molecule has 0 radical (unpaired) electrons. The van der Waals surface area contributed by atoms with Crippen LogP contribution in [0.3, 0.4) is 0 Å². The van der Waals surface area contributed by atoms with E-state index in [4.69, 9.17) is 27.9 Å². The molecule has 1 heterocycles. The molecule has 6 nitrogen and oxygen atoms in total. The summed E-state index contributed by atoms with van der Waals surface area (Å²) < 4.78 is 4.72. The van der Waals surface area contributed by atoms with Crippen LogP contribution in [-0.2, 0) is 25.5 Å². The molecule has 1 aliphatic heterocycles. The Kier molecular flexibility index (Phi) is 5.85. The second kappa shape index (κ2) is 7.66. The number of rotatable bonds is 5. The molecule has 23 heavy (non-hydrogen) atoms. The van der Waals surface area contributed by atoms with Crippen LogP contribution in [0, 0.1) is 0 Å². The maximum absolute atomic E-state index is 12.2. The fourth-order valence-electron chi connectivity index (χ4n) is 2.33. The van der Waals surface area contributed by atoms with E-state index in [0.29, 0.717) is 28.5 Å². The van der Waals surface area contributed by atoms with Gasteiger partial charge in [-0.15, -0.1) is 0 Å². The van der Waals surface area contributed by atoms with Crippen LogP contribution in [0.15, 0.2) is 18.2 Å². The molecule has 124 valence electrons. The first-order valence-electron chi connectivity index (χ1n) is 7.02. The average molecular weight is 359 g/mol. The molecule has 1 aromatic carbocycles. The largest absolute Gasteiger partial charge is 0.467 e. The zero-order chi connectivity index (χ0) is 17.0. The average Bonchev–Trinajstić information content (AvgIpc) is 2.94. The summed E-state index contributed by atoms with van der Waals surface area (Å²) in [6.45, 7) is 0. The van der Waals surface area contributed by atoms with E-state index < -0.39 is 24.0 Å². The minimum atomic E-state index is -0.899. The van der Waals surface area contributed by atoms with Gasteiger partial charge in [0.25, 0.3) is 0 Å². The summed E-state index contributed by atoms with van der Waals surface area (Å²) in [5.41, 5.74) is 0.655. The van der Waals surface area contributed by atoms with Gasteiger partial charge in [0.15, 0.2) is 0 Å². The molecular weight excluding hydrogens is 343 g/mol. The second-order valence-corrected chi connectivity index (χ2v) is 6.03. The van der Waals surface area contributed by atoms with Crippen molar-refractivity contribution in [3.8, 4) is 0 Å². The van der Waals surface area contributed by atoms with E-state index in [1.165, 1.54) is 7.11 Å². The number of hydrogen-bond donors (Lipinski definition) is 2. The van der Waals surface area contributed by atoms with Crippen LogP contribution in [0.5, 0.6) is 0 Å². The minimum Gasteiger partial charge on any atom is -0.467 e. The lowest BCUT2D eigenvalue weighted by Crippen LogP contribution is -2.50. The van der Waals surface area contributed by atoms with E-state index in [2.05, 4.69) is 10.6 Å². The van der Waals surface area contributed by atoms with Gasteiger partial charge in [-0.1, -0.05) is 29.3 Å². The molecule has 2 N–H and O–H groups in total. The Bertz CT molecular complexity index is 636. The SMILES string of the molecule is COC(=O)[C@H](Cc1ccc(Cl)cc1Cl)NC(=O)[C@@H]1CCC(=O)N1. The van der Waals surface area contributed by atoms with Crippen LogP contribution in [-0.4, -0.2) is 37.0 Å². The zero-order valence-corrected chi connectivity index (χ0v) is 13.9. The Morgan fingerprint density at radius 2 is 2.17 bits per heavy atom. The Labute approximate surface area is 143 Å². The molecule has 0 unspecified atom stereocenters. The Morgan fingerprint density at radius 3 is 2.74 bits per heavy atom. The highest BCUT2D eigenvalue weighted by atomic mass is 35.5. The number of benzene rings is 1. The van der Waals surface area contributed by atoms with Crippen molar-refractivity contribution in [2.75, 3.05) is 7.11 Å². The summed E-state index contributed by atoms with van der Waals surface area (Å²) in [7, 11) is 1.24. The van der Waals surface area contributed by atoms with Crippen LogP contribution in [0.2, 0.25) is 10.0 Å². The van der Waals surface area contributed by atoms with Gasteiger partial charge in [0.05, 0.1) is 7.11 Å². The number of ether oxygens (including phenoxy) is 1. The fraction of sp³-hybridized carbons (Fsp3) is 0.400. The van der Waals surface area contributed by atoms with Crippen molar-refractivity contribution in [2.45, 2.75) is 31.3 Å². The lowest BCUT2D eigenvalue weighted by atomic mass is 10.1. The molecule has 0 bridgehead atoms. The van der Waals surface area contributed by atoms with Crippen LogP contribution in [0.25, 0.3) is 0 Å². The molecule has 1 aliphatic rings. The predicted molar refractivity (Wildman–Crippen MR) is 85.3 cm³/mol. The molecule has 0 saturated carbocycles. The highest BCUT2D eigenvalue weighted by Gasteiger charge is 2.31. The maximum Gasteiger partial charge on any atom is 0.328 e. The molecule has 0 spiro atoms. The van der Waals surface area contributed by atoms with Crippen LogP contribution < -0.4 is 10.6 Å². The molecule has 1 fully saturated rings. The first kappa shape index (κ1) is 17.6. The highest BCUT2D eigenvalue weighted by molar-refractivity contribution is 6.35. The lowest BCUT2D eigenvalue weighted by molar-refractivity contribution is -0.145. The van der Waals surface area contributed by atoms with Crippen molar-refractivity contribution >= 4 is 41.0 Å². The van der Waals surface area contributed by atoms with Gasteiger partial charge in [-0.25, -0.2) is 4.79 Å². The summed E-state index contributed by atoms with van der Waals surface area (Å²) in [6, 6.07) is 3.37. The Balaban J connectivity index is 2.09. The monoisotopic (exact) mass is 358 g/mol. The van der Waals surface area contributed by atoms with E-state index in [-0.39, 0.29) is 12.3 Å². The van der Waals surface area contributed by atoms with Crippen molar-refractivity contribution in [1.82, 2.24) is 10.6 Å². The van der Waals surface area contributed by atoms with Crippen molar-refractivity contribution < 1.29 is 19.1 Å². The molecule has 2 rings (SSSR count). The van der Waals surface area contributed by atoms with E-state index in [1.807, 2.05) is 0 Å². The van der Waals surface area contributed by atoms with Gasteiger partial charge in [0.1, 0.15) is 12.1 Å². The van der Waals surface area contributed by atoms with Crippen LogP contribution in [0.4, 0.5) is 0 Å². The fourth-order valence-corrected chi connectivity index (χ4v) is 2.81. The topological polar surface area (TPSA) is 84.5 Å². The minimum absolute atomic E-state index is 0.162. The zero-order valence-electron chi connectivity index (χ0n) is 12.4. The normalized spacial score (nSPS) is 18.2. The molecule has 0 aromatic heterocycles. The number of esters is 1. The first-order chi connectivity index (χ1) is 10.9. The van der Waals surface area contributed by atoms with Crippen molar-refractivity contribution in [1.29, 1.82) is 0 Å². The summed E-state index contributed by atoms with van der Waals surface area (Å²) in [5, 5.41) is 6.03. The lowest BCUT2D eigenvalue weighted by Gasteiger charge is -2.19. The third-order valence-corrected chi connectivity index (χ3v) is 4.14. The molecule has 2 atom stereocenters. The summed E-state index contributed by atoms with van der Waals surface area (Å²) in [6.07, 6.45) is 0.860. The molecule has 0 aliphatic carbocycles. The van der Waals surface area contributed by atoms with Gasteiger partial charge < -0.3 is 15.4 Å². The summed E-state index contributed by atoms with van der Waals surface area (Å²) in [5.74, 6) is -1.19. The van der Waals surface area contributed by atoms with Crippen molar-refractivity contribution in [3.63, 3.8) is 0 Å². The van der Waals surface area contributed by atoms with Crippen LogP contribution in [0.1, 0.15) is 18.4 Å². The molecule has 2 amide bonds. The van der Waals surface area contributed by atoms with E-state index >= 15 is 0 Å². The second-order valence-electron chi connectivity index (χ2n) is 5.18. The quantitative estimate of drug-likeness (QED) is 0.780. The molecular formula is C15H16Cl2N2O4. The van der Waals surface area contributed by atoms with Gasteiger partial charge in [0, 0.05) is 22.9 Å². The maximum atomic E-state index is 12.2. The standard InChI is InChI=1S/C15H16Cl2N2O4/c1-23-15(22)12(6-8-2-3-9(16)7-10(8)17)19-14(21)11-4-5-13(20)18-11/h2-3,7,11-12H,4-6H2,1H3,(H,18,20)(H,19,21)/t11-,12-/m0/s1. The van der Waals surface area contributed by atoms with Gasteiger partial charge in [-0.3, -0.25) is 9.59 Å². The summed E-state index contributed by atoms with van der Waals surface area (Å²) >= 11 is 11.9. The number of carbonyl (C=O) groups is 3. The van der Waals surface area contributed by atoms with E-state index in [0.717, 1.165) is 0 Å². The number of halogens is 2.